The summed E-state index contributed by atoms with van der Waals surface area (Å²) in [6.07, 6.45) is 0.861. The molecule has 2 aromatic carbocycles. The van der Waals surface area contributed by atoms with Crippen molar-refractivity contribution in [1.82, 2.24) is 0 Å². The molecule has 2 aromatic rings. The highest BCUT2D eigenvalue weighted by molar-refractivity contribution is 6.11. The van der Waals surface area contributed by atoms with E-state index in [0.29, 0.717) is 0 Å². The number of hydrogen-bond donors (Lipinski definition) is 1. The molecule has 0 radical (unpaired) electrons. The summed E-state index contributed by atoms with van der Waals surface area (Å²) in [6, 6.07) is 17.5. The molecule has 3 heteroatoms. The lowest BCUT2D eigenvalue weighted by Crippen LogP contribution is -2.48. The fraction of sp³-hybridized carbons (Fsp3) is 0.188. The predicted molar refractivity (Wildman–Crippen MR) is 77.4 cm³/mol. The monoisotopic (exact) mass is 252 g/mol. The third kappa shape index (κ3) is 1.97. The van der Waals surface area contributed by atoms with Crippen molar-refractivity contribution in [1.29, 1.82) is 0 Å². The number of benzene rings is 2. The molecule has 0 spiro atoms. The summed E-state index contributed by atoms with van der Waals surface area (Å²) in [7, 11) is 0. The molecule has 1 amide bonds. The Balaban J connectivity index is 2.07. The van der Waals surface area contributed by atoms with Gasteiger partial charge in [0.25, 0.3) is 5.91 Å². The number of anilines is 2. The summed E-state index contributed by atoms with van der Waals surface area (Å²) in [5.74, 6) is 0.0624. The number of amides is 1. The van der Waals surface area contributed by atoms with Crippen LogP contribution in [0.25, 0.3) is 0 Å². The molecule has 0 aromatic heterocycles. The number of carbonyl (C=O) groups is 1. The highest BCUT2D eigenvalue weighted by Gasteiger charge is 2.31. The van der Waals surface area contributed by atoms with E-state index in [9.17, 15) is 4.79 Å². The van der Waals surface area contributed by atoms with Crippen molar-refractivity contribution in [2.75, 3.05) is 10.2 Å². The lowest BCUT2D eigenvalue weighted by molar-refractivity contribution is 0.0974. The van der Waals surface area contributed by atoms with Crippen LogP contribution in [0.1, 0.15) is 23.7 Å². The van der Waals surface area contributed by atoms with E-state index < -0.39 is 0 Å². The Bertz CT molecular complexity index is 595. The number of nitrogens with zero attached hydrogens (tertiary/aromatic N) is 1. The van der Waals surface area contributed by atoms with Crippen molar-refractivity contribution in [3.05, 3.63) is 60.2 Å². The van der Waals surface area contributed by atoms with E-state index >= 15 is 0 Å². The van der Waals surface area contributed by atoms with Crippen molar-refractivity contribution in [3.63, 3.8) is 0 Å². The molecule has 0 aliphatic carbocycles. The van der Waals surface area contributed by atoms with Gasteiger partial charge in [-0.3, -0.25) is 9.69 Å². The SMILES string of the molecule is CCC1Nc2ccccc2C(=O)N1c1ccccc1. The van der Waals surface area contributed by atoms with Gasteiger partial charge in [-0.05, 0) is 30.7 Å². The topological polar surface area (TPSA) is 32.3 Å². The standard InChI is InChI=1S/C16H16N2O/c1-2-15-17-14-11-7-6-10-13(14)16(19)18(15)12-8-4-3-5-9-12/h3-11,15,17H,2H2,1H3. The summed E-state index contributed by atoms with van der Waals surface area (Å²) in [5, 5.41) is 3.43. The lowest BCUT2D eigenvalue weighted by Gasteiger charge is -2.37. The van der Waals surface area contributed by atoms with E-state index in [0.717, 1.165) is 23.4 Å². The third-order valence-corrected chi connectivity index (χ3v) is 3.43. The maximum absolute atomic E-state index is 12.7. The summed E-state index contributed by atoms with van der Waals surface area (Å²) in [4.78, 5) is 14.5. The van der Waals surface area contributed by atoms with E-state index in [1.807, 2.05) is 59.5 Å². The Morgan fingerprint density at radius 3 is 2.47 bits per heavy atom. The van der Waals surface area contributed by atoms with Crippen LogP contribution in [0.3, 0.4) is 0 Å². The van der Waals surface area contributed by atoms with E-state index in [2.05, 4.69) is 12.2 Å². The molecule has 1 aliphatic heterocycles. The van der Waals surface area contributed by atoms with Gasteiger partial charge in [0.05, 0.1) is 5.56 Å². The molecule has 0 bridgehead atoms. The predicted octanol–water partition coefficient (Wildman–Crippen LogP) is 3.50. The molecule has 3 nitrogen and oxygen atoms in total. The Labute approximate surface area is 112 Å². The van der Waals surface area contributed by atoms with Crippen LogP contribution in [0.2, 0.25) is 0 Å². The zero-order chi connectivity index (χ0) is 13.2. The van der Waals surface area contributed by atoms with Gasteiger partial charge < -0.3 is 5.32 Å². The zero-order valence-corrected chi connectivity index (χ0v) is 10.8. The summed E-state index contributed by atoms with van der Waals surface area (Å²) >= 11 is 0. The van der Waals surface area contributed by atoms with Gasteiger partial charge in [0.2, 0.25) is 0 Å². The average Bonchev–Trinajstić information content (AvgIpc) is 2.48. The first-order valence-electron chi connectivity index (χ1n) is 6.55. The van der Waals surface area contributed by atoms with Gasteiger partial charge in [0.1, 0.15) is 6.17 Å². The molecule has 1 atom stereocenters. The first kappa shape index (κ1) is 11.8. The van der Waals surface area contributed by atoms with Gasteiger partial charge in [0, 0.05) is 11.4 Å². The van der Waals surface area contributed by atoms with Crippen LogP contribution in [-0.2, 0) is 0 Å². The molecule has 0 fully saturated rings. The molecule has 3 rings (SSSR count). The van der Waals surface area contributed by atoms with Crippen molar-refractivity contribution in [3.8, 4) is 0 Å². The van der Waals surface area contributed by atoms with Gasteiger partial charge in [-0.15, -0.1) is 0 Å². The smallest absolute Gasteiger partial charge is 0.262 e. The van der Waals surface area contributed by atoms with Crippen LogP contribution < -0.4 is 10.2 Å². The van der Waals surface area contributed by atoms with Crippen LogP contribution >= 0.6 is 0 Å². The number of hydrogen-bond acceptors (Lipinski definition) is 2. The molecule has 1 unspecified atom stereocenters. The summed E-state index contributed by atoms with van der Waals surface area (Å²) < 4.78 is 0. The molecular formula is C16H16N2O. The van der Waals surface area contributed by atoms with Crippen molar-refractivity contribution in [2.24, 2.45) is 0 Å². The number of rotatable bonds is 2. The molecule has 0 saturated carbocycles. The number of para-hydroxylation sites is 2. The highest BCUT2D eigenvalue weighted by atomic mass is 16.2. The molecule has 1 heterocycles. The van der Waals surface area contributed by atoms with Gasteiger partial charge in [-0.2, -0.15) is 0 Å². The highest BCUT2D eigenvalue weighted by Crippen LogP contribution is 2.30. The van der Waals surface area contributed by atoms with Gasteiger partial charge in [-0.1, -0.05) is 37.3 Å². The minimum atomic E-state index is 0.00444. The van der Waals surface area contributed by atoms with Crippen LogP contribution in [0.4, 0.5) is 11.4 Å². The Morgan fingerprint density at radius 2 is 1.74 bits per heavy atom. The van der Waals surface area contributed by atoms with E-state index in [1.165, 1.54) is 0 Å². The summed E-state index contributed by atoms with van der Waals surface area (Å²) in [6.45, 7) is 2.08. The van der Waals surface area contributed by atoms with Crippen LogP contribution in [0.5, 0.6) is 0 Å². The fourth-order valence-corrected chi connectivity index (χ4v) is 2.48. The molecule has 1 N–H and O–H groups in total. The van der Waals surface area contributed by atoms with Crippen molar-refractivity contribution < 1.29 is 4.79 Å². The first-order valence-corrected chi connectivity index (χ1v) is 6.55. The third-order valence-electron chi connectivity index (χ3n) is 3.43. The minimum Gasteiger partial charge on any atom is -0.364 e. The largest absolute Gasteiger partial charge is 0.364 e. The molecule has 0 saturated heterocycles. The Kier molecular flexibility index (Phi) is 2.95. The fourth-order valence-electron chi connectivity index (χ4n) is 2.48. The van der Waals surface area contributed by atoms with Gasteiger partial charge >= 0.3 is 0 Å². The van der Waals surface area contributed by atoms with Crippen LogP contribution in [0.15, 0.2) is 54.6 Å². The van der Waals surface area contributed by atoms with Crippen LogP contribution in [0, 0.1) is 0 Å². The second-order valence-electron chi connectivity index (χ2n) is 4.62. The van der Waals surface area contributed by atoms with Gasteiger partial charge in [0.15, 0.2) is 0 Å². The molecule has 96 valence electrons. The maximum Gasteiger partial charge on any atom is 0.262 e. The Morgan fingerprint density at radius 1 is 1.05 bits per heavy atom. The van der Waals surface area contributed by atoms with Gasteiger partial charge in [-0.25, -0.2) is 0 Å². The number of fused-ring (bicyclic) bond motifs is 1. The van der Waals surface area contributed by atoms with Crippen molar-refractivity contribution in [2.45, 2.75) is 19.5 Å². The lowest BCUT2D eigenvalue weighted by atomic mass is 10.1. The zero-order valence-electron chi connectivity index (χ0n) is 10.8. The number of carbonyl (C=O) groups excluding carboxylic acids is 1. The average molecular weight is 252 g/mol. The first-order chi connectivity index (χ1) is 9.31. The van der Waals surface area contributed by atoms with Crippen molar-refractivity contribution >= 4 is 17.3 Å². The van der Waals surface area contributed by atoms with E-state index in [1.54, 1.807) is 0 Å². The second kappa shape index (κ2) is 4.76. The minimum absolute atomic E-state index is 0.00444. The molecule has 1 aliphatic rings. The normalized spacial score (nSPS) is 17.8. The second-order valence-corrected chi connectivity index (χ2v) is 4.62. The van der Waals surface area contributed by atoms with E-state index in [4.69, 9.17) is 0 Å². The van der Waals surface area contributed by atoms with Crippen LogP contribution in [-0.4, -0.2) is 12.1 Å². The molecule has 19 heavy (non-hydrogen) atoms. The quantitative estimate of drug-likeness (QED) is 0.887. The van der Waals surface area contributed by atoms with E-state index in [-0.39, 0.29) is 12.1 Å². The number of nitrogens with one attached hydrogen (secondary N) is 1. The molecular weight excluding hydrogens is 236 g/mol. The Hall–Kier alpha value is -2.29. The maximum atomic E-state index is 12.7. The summed E-state index contributed by atoms with van der Waals surface area (Å²) in [5.41, 5.74) is 2.59.